The Labute approximate surface area is 125 Å². The van der Waals surface area contributed by atoms with Crippen LogP contribution in [-0.2, 0) is 0 Å². The number of aliphatic imine (C=N–C) groups is 1. The van der Waals surface area contributed by atoms with Crippen molar-refractivity contribution < 1.29 is 0 Å². The molecule has 21 heavy (non-hydrogen) atoms. The van der Waals surface area contributed by atoms with Crippen molar-refractivity contribution in [2.24, 2.45) is 4.99 Å². The molecule has 1 fully saturated rings. The Balaban J connectivity index is 1.93. The summed E-state index contributed by atoms with van der Waals surface area (Å²) in [5.41, 5.74) is 1.27. The van der Waals surface area contributed by atoms with Gasteiger partial charge in [0.1, 0.15) is 0 Å². The van der Waals surface area contributed by atoms with Crippen LogP contribution in [0.25, 0.3) is 21.5 Å². The van der Waals surface area contributed by atoms with Gasteiger partial charge in [0.25, 0.3) is 0 Å². The van der Waals surface area contributed by atoms with Crippen LogP contribution in [0.2, 0.25) is 0 Å². The smallest absolute Gasteiger partial charge is 0.0499 e. The molecule has 1 aliphatic rings. The molecule has 1 nitrogen and oxygen atoms in total. The molecule has 0 amide bonds. The second-order valence-corrected chi connectivity index (χ2v) is 5.95. The Kier molecular flexibility index (Phi) is 3.19. The average molecular weight is 273 g/mol. The highest BCUT2D eigenvalue weighted by molar-refractivity contribution is 6.13. The molecule has 1 aliphatic carbocycles. The van der Waals surface area contributed by atoms with E-state index in [2.05, 4.69) is 60.8 Å². The summed E-state index contributed by atoms with van der Waals surface area (Å²) in [6.07, 6.45) is 7.29. The second kappa shape index (κ2) is 5.33. The normalized spacial score (nSPS) is 16.4. The van der Waals surface area contributed by atoms with Crippen molar-refractivity contribution in [3.05, 3.63) is 60.2 Å². The lowest BCUT2D eigenvalue weighted by Crippen LogP contribution is -1.97. The average Bonchev–Trinajstić information content (AvgIpc) is 3.05. The van der Waals surface area contributed by atoms with Crippen LogP contribution in [0.4, 0.5) is 0 Å². The van der Waals surface area contributed by atoms with Crippen molar-refractivity contribution in [2.75, 3.05) is 0 Å². The first-order valence-corrected chi connectivity index (χ1v) is 7.85. The molecular weight excluding hydrogens is 254 g/mol. The minimum absolute atomic E-state index is 0.530. The molecule has 1 saturated carbocycles. The van der Waals surface area contributed by atoms with Crippen LogP contribution < -0.4 is 0 Å². The molecule has 0 atom stereocenters. The van der Waals surface area contributed by atoms with E-state index >= 15 is 0 Å². The molecule has 0 aromatic heterocycles. The number of rotatable bonds is 2. The highest BCUT2D eigenvalue weighted by Crippen LogP contribution is 2.28. The first-order chi connectivity index (χ1) is 10.4. The maximum Gasteiger partial charge on any atom is 0.0499 e. The van der Waals surface area contributed by atoms with E-state index in [9.17, 15) is 0 Å². The van der Waals surface area contributed by atoms with Gasteiger partial charge in [0.15, 0.2) is 0 Å². The van der Waals surface area contributed by atoms with E-state index in [1.165, 1.54) is 52.8 Å². The predicted molar refractivity (Wildman–Crippen MR) is 91.3 cm³/mol. The molecule has 0 spiro atoms. The van der Waals surface area contributed by atoms with Crippen LogP contribution in [-0.4, -0.2) is 12.3 Å². The molecule has 0 bridgehead atoms. The van der Waals surface area contributed by atoms with Gasteiger partial charge in [-0.1, -0.05) is 61.4 Å². The summed E-state index contributed by atoms with van der Waals surface area (Å²) in [5, 5.41) is 5.20. The minimum atomic E-state index is 0.530. The van der Waals surface area contributed by atoms with Crippen molar-refractivity contribution in [3.63, 3.8) is 0 Å². The SMILES string of the molecule is C(=NC1CCCC1)c1c2ccccc2cc2ccccc12. The van der Waals surface area contributed by atoms with E-state index in [0.29, 0.717) is 6.04 Å². The second-order valence-electron chi connectivity index (χ2n) is 5.95. The number of fused-ring (bicyclic) bond motifs is 2. The fourth-order valence-electron chi connectivity index (χ4n) is 3.42. The molecule has 0 saturated heterocycles. The first kappa shape index (κ1) is 12.6. The van der Waals surface area contributed by atoms with Gasteiger partial charge in [0.05, 0.1) is 0 Å². The third-order valence-electron chi connectivity index (χ3n) is 4.55. The van der Waals surface area contributed by atoms with Crippen molar-refractivity contribution in [1.29, 1.82) is 0 Å². The molecule has 0 N–H and O–H groups in total. The Morgan fingerprint density at radius 2 is 1.38 bits per heavy atom. The van der Waals surface area contributed by atoms with Gasteiger partial charge in [0.2, 0.25) is 0 Å². The molecule has 1 heteroatoms. The zero-order chi connectivity index (χ0) is 14.1. The summed E-state index contributed by atoms with van der Waals surface area (Å²) in [5.74, 6) is 0. The summed E-state index contributed by atoms with van der Waals surface area (Å²) in [4.78, 5) is 4.87. The van der Waals surface area contributed by atoms with Gasteiger partial charge in [0, 0.05) is 17.8 Å². The van der Waals surface area contributed by atoms with E-state index in [0.717, 1.165) is 0 Å². The first-order valence-electron chi connectivity index (χ1n) is 7.85. The Bertz CT molecular complexity index is 756. The van der Waals surface area contributed by atoms with E-state index in [4.69, 9.17) is 4.99 Å². The topological polar surface area (TPSA) is 12.4 Å². The lowest BCUT2D eigenvalue weighted by molar-refractivity contribution is 0.710. The molecule has 0 aliphatic heterocycles. The van der Waals surface area contributed by atoms with Crippen molar-refractivity contribution >= 4 is 27.8 Å². The number of benzene rings is 3. The fraction of sp³-hybridized carbons (Fsp3) is 0.250. The van der Waals surface area contributed by atoms with Gasteiger partial charge >= 0.3 is 0 Å². The highest BCUT2D eigenvalue weighted by Gasteiger charge is 2.13. The molecule has 104 valence electrons. The van der Waals surface area contributed by atoms with E-state index in [1.54, 1.807) is 0 Å². The highest BCUT2D eigenvalue weighted by atomic mass is 14.8. The number of hydrogen-bond acceptors (Lipinski definition) is 1. The van der Waals surface area contributed by atoms with Crippen LogP contribution in [0, 0.1) is 0 Å². The molecular formula is C20H19N. The van der Waals surface area contributed by atoms with Gasteiger partial charge in [-0.25, -0.2) is 0 Å². The summed E-state index contributed by atoms with van der Waals surface area (Å²) in [7, 11) is 0. The summed E-state index contributed by atoms with van der Waals surface area (Å²) in [6.45, 7) is 0. The van der Waals surface area contributed by atoms with Gasteiger partial charge in [-0.15, -0.1) is 0 Å². The maximum absolute atomic E-state index is 4.87. The predicted octanol–water partition coefficient (Wildman–Crippen LogP) is 5.35. The maximum atomic E-state index is 4.87. The largest absolute Gasteiger partial charge is 0.289 e. The molecule has 0 unspecified atom stereocenters. The number of hydrogen-bond donors (Lipinski definition) is 0. The monoisotopic (exact) mass is 273 g/mol. The van der Waals surface area contributed by atoms with Crippen molar-refractivity contribution in [3.8, 4) is 0 Å². The number of nitrogens with zero attached hydrogens (tertiary/aromatic N) is 1. The van der Waals surface area contributed by atoms with Crippen LogP contribution in [0.5, 0.6) is 0 Å². The summed E-state index contributed by atoms with van der Waals surface area (Å²) in [6, 6.07) is 20.0. The summed E-state index contributed by atoms with van der Waals surface area (Å²) >= 11 is 0. The quantitative estimate of drug-likeness (QED) is 0.440. The van der Waals surface area contributed by atoms with E-state index in [1.807, 2.05) is 0 Å². The van der Waals surface area contributed by atoms with Crippen LogP contribution >= 0.6 is 0 Å². The van der Waals surface area contributed by atoms with Crippen LogP contribution in [0.3, 0.4) is 0 Å². The van der Waals surface area contributed by atoms with Crippen LogP contribution in [0.1, 0.15) is 31.2 Å². The molecule has 0 heterocycles. The molecule has 4 rings (SSSR count). The zero-order valence-corrected chi connectivity index (χ0v) is 12.1. The Hall–Kier alpha value is -2.15. The standard InChI is InChI=1S/C20H19N/c1-5-11-18-15(7-1)13-16-8-2-6-12-19(16)20(18)14-21-17-9-3-4-10-17/h1-2,5-8,11-14,17H,3-4,9-10H2. The molecule has 3 aromatic carbocycles. The van der Waals surface area contributed by atoms with Gasteiger partial charge in [-0.05, 0) is 40.5 Å². The third-order valence-corrected chi connectivity index (χ3v) is 4.55. The van der Waals surface area contributed by atoms with Crippen molar-refractivity contribution in [2.45, 2.75) is 31.7 Å². The lowest BCUT2D eigenvalue weighted by Gasteiger charge is -2.09. The van der Waals surface area contributed by atoms with Crippen LogP contribution in [0.15, 0.2) is 59.6 Å². The lowest BCUT2D eigenvalue weighted by atomic mass is 9.97. The summed E-state index contributed by atoms with van der Waals surface area (Å²) < 4.78 is 0. The Morgan fingerprint density at radius 1 is 0.810 bits per heavy atom. The van der Waals surface area contributed by atoms with Crippen molar-refractivity contribution in [1.82, 2.24) is 0 Å². The van der Waals surface area contributed by atoms with E-state index < -0.39 is 0 Å². The zero-order valence-electron chi connectivity index (χ0n) is 12.1. The van der Waals surface area contributed by atoms with E-state index in [-0.39, 0.29) is 0 Å². The fourth-order valence-corrected chi connectivity index (χ4v) is 3.42. The van der Waals surface area contributed by atoms with Gasteiger partial charge in [-0.2, -0.15) is 0 Å². The third kappa shape index (κ3) is 2.33. The van der Waals surface area contributed by atoms with Gasteiger partial charge in [-0.3, -0.25) is 4.99 Å². The molecule has 0 radical (unpaired) electrons. The Morgan fingerprint density at radius 3 is 2.00 bits per heavy atom. The van der Waals surface area contributed by atoms with Gasteiger partial charge < -0.3 is 0 Å². The minimum Gasteiger partial charge on any atom is -0.289 e. The molecule has 3 aromatic rings.